The van der Waals surface area contributed by atoms with Crippen molar-refractivity contribution in [2.24, 2.45) is 0 Å². The first-order chi connectivity index (χ1) is 13.0. The first-order valence-electron chi connectivity index (χ1n) is 8.40. The molecular formula is C17H19N7O3. The molecule has 2 heterocycles. The van der Waals surface area contributed by atoms with Gasteiger partial charge in [-0.05, 0) is 18.9 Å². The lowest BCUT2D eigenvalue weighted by Crippen LogP contribution is -2.26. The summed E-state index contributed by atoms with van der Waals surface area (Å²) in [5.41, 5.74) is 2.06. The van der Waals surface area contributed by atoms with Crippen molar-refractivity contribution in [1.29, 1.82) is 0 Å². The molecule has 140 valence electrons. The number of carbonyl (C=O) groups is 1. The highest BCUT2D eigenvalue weighted by Crippen LogP contribution is 2.17. The van der Waals surface area contributed by atoms with Crippen LogP contribution in [0.4, 0.5) is 11.6 Å². The van der Waals surface area contributed by atoms with Crippen LogP contribution < -0.4 is 5.32 Å². The summed E-state index contributed by atoms with van der Waals surface area (Å²) in [4.78, 5) is 26.8. The zero-order chi connectivity index (χ0) is 19.4. The van der Waals surface area contributed by atoms with Crippen molar-refractivity contribution in [2.45, 2.75) is 32.9 Å². The molecule has 1 amide bonds. The van der Waals surface area contributed by atoms with Gasteiger partial charge in [-0.3, -0.25) is 24.9 Å². The molecule has 0 aliphatic heterocycles. The van der Waals surface area contributed by atoms with Gasteiger partial charge in [0, 0.05) is 0 Å². The predicted molar refractivity (Wildman–Crippen MR) is 97.1 cm³/mol. The summed E-state index contributed by atoms with van der Waals surface area (Å²) in [5, 5.41) is 21.6. The fourth-order valence-corrected chi connectivity index (χ4v) is 2.70. The van der Waals surface area contributed by atoms with Crippen molar-refractivity contribution in [1.82, 2.24) is 24.5 Å². The van der Waals surface area contributed by atoms with E-state index >= 15 is 0 Å². The molecule has 1 unspecified atom stereocenters. The Bertz CT molecular complexity index is 963. The maximum atomic E-state index is 12.5. The fourth-order valence-electron chi connectivity index (χ4n) is 2.70. The second-order valence-corrected chi connectivity index (χ2v) is 6.10. The molecule has 10 nitrogen and oxygen atoms in total. The molecule has 1 atom stereocenters. The maximum absolute atomic E-state index is 12.5. The normalized spacial score (nSPS) is 11.9. The van der Waals surface area contributed by atoms with Crippen molar-refractivity contribution in [3.05, 3.63) is 64.2 Å². The molecule has 10 heteroatoms. The predicted octanol–water partition coefficient (Wildman–Crippen LogP) is 2.33. The maximum Gasteiger partial charge on any atom is 0.307 e. The van der Waals surface area contributed by atoms with E-state index in [-0.39, 0.29) is 17.5 Å². The van der Waals surface area contributed by atoms with E-state index in [0.717, 1.165) is 17.3 Å². The lowest BCUT2D eigenvalue weighted by molar-refractivity contribution is -0.385. The number of nitrogens with one attached hydrogen (secondary N) is 1. The third-order valence-corrected chi connectivity index (χ3v) is 4.01. The number of hydrogen-bond acceptors (Lipinski definition) is 6. The lowest BCUT2D eigenvalue weighted by atomic mass is 10.1. The Hall–Kier alpha value is -3.56. The molecule has 2 aromatic heterocycles. The van der Waals surface area contributed by atoms with Crippen molar-refractivity contribution < 1.29 is 9.72 Å². The first kappa shape index (κ1) is 18.2. The number of anilines is 1. The van der Waals surface area contributed by atoms with Crippen LogP contribution in [-0.4, -0.2) is 35.4 Å². The first-order valence-corrected chi connectivity index (χ1v) is 8.40. The summed E-state index contributed by atoms with van der Waals surface area (Å²) in [5.74, 6) is -0.212. The van der Waals surface area contributed by atoms with E-state index in [1.165, 1.54) is 17.2 Å². The molecule has 1 aromatic carbocycles. The lowest BCUT2D eigenvalue weighted by Gasteiger charge is -2.13. The molecule has 3 rings (SSSR count). The molecule has 0 bridgehead atoms. The summed E-state index contributed by atoms with van der Waals surface area (Å²) >= 11 is 0. The smallest absolute Gasteiger partial charge is 0.291 e. The molecule has 0 spiro atoms. The Balaban J connectivity index is 1.67. The van der Waals surface area contributed by atoms with Gasteiger partial charge in [0.1, 0.15) is 24.8 Å². The minimum Gasteiger partial charge on any atom is -0.291 e. The highest BCUT2D eigenvalue weighted by Gasteiger charge is 2.23. The summed E-state index contributed by atoms with van der Waals surface area (Å²) in [6, 6.07) is 7.34. The third-order valence-electron chi connectivity index (χ3n) is 4.01. The molecule has 3 aromatic rings. The third kappa shape index (κ3) is 4.35. The molecule has 1 N–H and O–H groups in total. The Morgan fingerprint density at radius 1 is 1.41 bits per heavy atom. The van der Waals surface area contributed by atoms with Gasteiger partial charge < -0.3 is 0 Å². The highest BCUT2D eigenvalue weighted by molar-refractivity contribution is 5.92. The van der Waals surface area contributed by atoms with E-state index in [4.69, 9.17) is 0 Å². The number of benzene rings is 1. The second kappa shape index (κ2) is 7.77. The van der Waals surface area contributed by atoms with Gasteiger partial charge >= 0.3 is 5.69 Å². The Morgan fingerprint density at radius 3 is 2.89 bits per heavy atom. The van der Waals surface area contributed by atoms with Crippen LogP contribution in [0.15, 0.2) is 43.0 Å². The number of carbonyl (C=O) groups excluding carboxylic acids is 1. The summed E-state index contributed by atoms with van der Waals surface area (Å²) in [6.07, 6.45) is 4.30. The number of nitrogens with zero attached hydrogens (tertiary/aromatic N) is 6. The summed E-state index contributed by atoms with van der Waals surface area (Å²) in [6.45, 7) is 4.34. The van der Waals surface area contributed by atoms with Crippen LogP contribution in [0, 0.1) is 17.0 Å². The number of amides is 1. The van der Waals surface area contributed by atoms with E-state index in [0.29, 0.717) is 13.0 Å². The van der Waals surface area contributed by atoms with Crippen LogP contribution in [0.2, 0.25) is 0 Å². The fraction of sp³-hybridized carbons (Fsp3) is 0.294. The van der Waals surface area contributed by atoms with Gasteiger partial charge in [0.2, 0.25) is 5.95 Å². The molecule has 0 saturated carbocycles. The van der Waals surface area contributed by atoms with Crippen molar-refractivity contribution >= 4 is 17.5 Å². The summed E-state index contributed by atoms with van der Waals surface area (Å²) in [7, 11) is 0. The zero-order valence-electron chi connectivity index (χ0n) is 14.9. The molecule has 0 saturated heterocycles. The molecule has 0 aliphatic carbocycles. The zero-order valence-corrected chi connectivity index (χ0v) is 14.9. The summed E-state index contributed by atoms with van der Waals surface area (Å²) < 4.78 is 2.90. The van der Waals surface area contributed by atoms with Gasteiger partial charge in [0.05, 0.1) is 11.5 Å². The largest absolute Gasteiger partial charge is 0.307 e. The number of hydrogen-bond donors (Lipinski definition) is 1. The quantitative estimate of drug-likeness (QED) is 0.504. The van der Waals surface area contributed by atoms with E-state index in [2.05, 4.69) is 26.6 Å². The van der Waals surface area contributed by atoms with E-state index < -0.39 is 11.0 Å². The minimum absolute atomic E-state index is 0.165. The standard InChI is InChI=1S/C17H19N7O3/c1-3-15(23-10-14(8-19-23)24(26)27)16(25)20-17-18-11-22(21-17)9-13-6-4-5-12(2)7-13/h4-8,10-11,15H,3,9H2,1-2H3,(H,20,21,25). The van der Waals surface area contributed by atoms with E-state index in [9.17, 15) is 14.9 Å². The molecule has 0 fully saturated rings. The number of nitro groups is 1. The van der Waals surface area contributed by atoms with Gasteiger partial charge in [-0.25, -0.2) is 9.67 Å². The average molecular weight is 369 g/mol. The number of aromatic nitrogens is 5. The highest BCUT2D eigenvalue weighted by atomic mass is 16.6. The molecular weight excluding hydrogens is 350 g/mol. The van der Waals surface area contributed by atoms with Crippen molar-refractivity contribution in [3.8, 4) is 0 Å². The SMILES string of the molecule is CCC(C(=O)Nc1ncn(Cc2cccc(C)c2)n1)n1cc([N+](=O)[O-])cn1. The van der Waals surface area contributed by atoms with Crippen LogP contribution in [-0.2, 0) is 11.3 Å². The van der Waals surface area contributed by atoms with Crippen LogP contribution in [0.25, 0.3) is 0 Å². The van der Waals surface area contributed by atoms with Crippen LogP contribution >= 0.6 is 0 Å². The van der Waals surface area contributed by atoms with Crippen LogP contribution in [0.3, 0.4) is 0 Å². The van der Waals surface area contributed by atoms with Crippen molar-refractivity contribution in [3.63, 3.8) is 0 Å². The van der Waals surface area contributed by atoms with Gasteiger partial charge in [0.15, 0.2) is 0 Å². The van der Waals surface area contributed by atoms with Gasteiger partial charge in [-0.2, -0.15) is 5.10 Å². The molecule has 0 aliphatic rings. The Morgan fingerprint density at radius 2 is 2.22 bits per heavy atom. The number of rotatable bonds is 7. The topological polar surface area (TPSA) is 121 Å². The molecule has 27 heavy (non-hydrogen) atoms. The second-order valence-electron chi connectivity index (χ2n) is 6.10. The van der Waals surface area contributed by atoms with Gasteiger partial charge in [-0.1, -0.05) is 36.8 Å². The van der Waals surface area contributed by atoms with Gasteiger partial charge in [0.25, 0.3) is 5.91 Å². The van der Waals surface area contributed by atoms with E-state index in [1.54, 1.807) is 11.6 Å². The van der Waals surface area contributed by atoms with Gasteiger partial charge in [-0.15, -0.1) is 5.10 Å². The van der Waals surface area contributed by atoms with Crippen LogP contribution in [0.1, 0.15) is 30.5 Å². The Kier molecular flexibility index (Phi) is 5.25. The van der Waals surface area contributed by atoms with Crippen LogP contribution in [0.5, 0.6) is 0 Å². The van der Waals surface area contributed by atoms with E-state index in [1.807, 2.05) is 25.1 Å². The molecule has 0 radical (unpaired) electrons. The number of aryl methyl sites for hydroxylation is 1. The minimum atomic E-state index is -0.692. The Labute approximate surface area is 155 Å². The van der Waals surface area contributed by atoms with Crippen molar-refractivity contribution in [2.75, 3.05) is 5.32 Å². The average Bonchev–Trinajstić information content (AvgIpc) is 3.26. The monoisotopic (exact) mass is 369 g/mol.